The first-order valence-corrected chi connectivity index (χ1v) is 14.5. The van der Waals surface area contributed by atoms with E-state index in [2.05, 4.69) is 47.9 Å². The van der Waals surface area contributed by atoms with Crippen LogP contribution in [0.3, 0.4) is 0 Å². The van der Waals surface area contributed by atoms with Gasteiger partial charge in [0.25, 0.3) is 0 Å². The SMILES string of the molecule is CC1CC(C)C2C(=O)N(CC3CCCCC3CN3CCN(c4nsc5ccccc45)CC3)C(=O)C12. The molecule has 35 heavy (non-hydrogen) atoms. The van der Waals surface area contributed by atoms with E-state index in [1.165, 1.54) is 29.3 Å². The lowest BCUT2D eigenvalue weighted by atomic mass is 9.78. The Bertz CT molecular complexity index is 1070. The highest BCUT2D eigenvalue weighted by molar-refractivity contribution is 7.13. The first-order chi connectivity index (χ1) is 17.0. The Morgan fingerprint density at radius 2 is 1.51 bits per heavy atom. The Labute approximate surface area is 212 Å². The molecule has 1 aromatic carbocycles. The molecular formula is C28H38N4O2S. The summed E-state index contributed by atoms with van der Waals surface area (Å²) in [7, 11) is 0. The van der Waals surface area contributed by atoms with Gasteiger partial charge < -0.3 is 4.90 Å². The topological polar surface area (TPSA) is 56.8 Å². The maximum absolute atomic E-state index is 13.2. The third-order valence-corrected chi connectivity index (χ3v) is 10.3. The first kappa shape index (κ1) is 23.4. The van der Waals surface area contributed by atoms with Gasteiger partial charge in [0, 0.05) is 44.7 Å². The molecule has 3 heterocycles. The van der Waals surface area contributed by atoms with Crippen LogP contribution in [-0.2, 0) is 9.59 Å². The summed E-state index contributed by atoms with van der Waals surface area (Å²) >= 11 is 1.59. The van der Waals surface area contributed by atoms with Crippen LogP contribution in [0.4, 0.5) is 5.82 Å². The second-order valence-corrected chi connectivity index (χ2v) is 12.4. The number of hydrogen-bond donors (Lipinski definition) is 0. The number of piperazine rings is 1. The van der Waals surface area contributed by atoms with E-state index in [-0.39, 0.29) is 23.7 Å². The lowest BCUT2D eigenvalue weighted by Crippen LogP contribution is -2.49. The normalized spacial score (nSPS) is 34.2. The Kier molecular flexibility index (Phi) is 6.33. The summed E-state index contributed by atoms with van der Waals surface area (Å²) in [6.45, 7) is 10.2. The van der Waals surface area contributed by atoms with E-state index in [0.29, 0.717) is 30.2 Å². The second-order valence-electron chi connectivity index (χ2n) is 11.6. The summed E-state index contributed by atoms with van der Waals surface area (Å²) in [5, 5.41) is 1.27. The minimum atomic E-state index is -0.0607. The van der Waals surface area contributed by atoms with Gasteiger partial charge in [0.2, 0.25) is 11.8 Å². The Morgan fingerprint density at radius 1 is 0.886 bits per heavy atom. The molecule has 0 radical (unpaired) electrons. The summed E-state index contributed by atoms with van der Waals surface area (Å²) in [5.41, 5.74) is 0. The molecule has 6 nitrogen and oxygen atoms in total. The highest BCUT2D eigenvalue weighted by Gasteiger charge is 2.56. The van der Waals surface area contributed by atoms with Crippen molar-refractivity contribution in [1.82, 2.24) is 14.2 Å². The average Bonchev–Trinajstić information content (AvgIpc) is 3.50. The van der Waals surface area contributed by atoms with Crippen molar-refractivity contribution in [2.75, 3.05) is 44.2 Å². The standard InChI is InChI=1S/C28H38N4O2S/c1-18-15-19(2)25-24(18)27(33)32(28(25)34)17-21-8-4-3-7-20(21)16-30-11-13-31(14-12-30)26-22-9-5-6-10-23(22)35-29-26/h5-6,9-10,18-21,24-25H,3-4,7-8,11-17H2,1-2H3. The maximum Gasteiger partial charge on any atom is 0.233 e. The van der Waals surface area contributed by atoms with Crippen LogP contribution in [0, 0.1) is 35.5 Å². The van der Waals surface area contributed by atoms with Crippen LogP contribution >= 0.6 is 11.5 Å². The molecule has 1 aromatic heterocycles. The Hall–Kier alpha value is -1.99. The fourth-order valence-electron chi connectivity index (χ4n) is 7.60. The van der Waals surface area contributed by atoms with E-state index in [0.717, 1.165) is 51.4 Å². The zero-order valence-corrected chi connectivity index (χ0v) is 21.9. The average molecular weight is 495 g/mol. The third-order valence-electron chi connectivity index (χ3n) is 9.47. The van der Waals surface area contributed by atoms with Crippen molar-refractivity contribution in [3.05, 3.63) is 24.3 Å². The number of rotatable bonds is 5. The number of aromatic nitrogens is 1. The van der Waals surface area contributed by atoms with Crippen LogP contribution in [0.5, 0.6) is 0 Å². The quantitative estimate of drug-likeness (QED) is 0.573. The van der Waals surface area contributed by atoms with Crippen LogP contribution in [0.15, 0.2) is 24.3 Å². The van der Waals surface area contributed by atoms with Gasteiger partial charge in [-0.15, -0.1) is 0 Å². The molecule has 6 rings (SSSR count). The van der Waals surface area contributed by atoms with E-state index in [1.54, 1.807) is 16.4 Å². The lowest BCUT2D eigenvalue weighted by molar-refractivity contribution is -0.142. The van der Waals surface area contributed by atoms with Gasteiger partial charge in [-0.2, -0.15) is 4.37 Å². The highest BCUT2D eigenvalue weighted by Crippen LogP contribution is 2.48. The number of carbonyl (C=O) groups excluding carboxylic acids is 2. The summed E-state index contributed by atoms with van der Waals surface area (Å²) in [4.78, 5) is 33.2. The van der Waals surface area contributed by atoms with Crippen molar-refractivity contribution < 1.29 is 9.59 Å². The number of nitrogens with zero attached hydrogens (tertiary/aromatic N) is 4. The maximum atomic E-state index is 13.2. The molecule has 188 valence electrons. The van der Waals surface area contributed by atoms with Crippen LogP contribution in [0.2, 0.25) is 0 Å². The van der Waals surface area contributed by atoms with Crippen molar-refractivity contribution >= 4 is 39.3 Å². The monoisotopic (exact) mass is 494 g/mol. The van der Waals surface area contributed by atoms with Crippen LogP contribution in [0.1, 0.15) is 46.0 Å². The summed E-state index contributed by atoms with van der Waals surface area (Å²) in [6.07, 6.45) is 5.87. The van der Waals surface area contributed by atoms with Gasteiger partial charge in [-0.3, -0.25) is 19.4 Å². The number of hydrogen-bond acceptors (Lipinski definition) is 6. The van der Waals surface area contributed by atoms with Gasteiger partial charge in [0.15, 0.2) is 0 Å². The van der Waals surface area contributed by atoms with Gasteiger partial charge in [0.05, 0.1) is 16.5 Å². The van der Waals surface area contributed by atoms with Crippen molar-refractivity contribution in [2.24, 2.45) is 35.5 Å². The number of imide groups is 1. The zero-order valence-electron chi connectivity index (χ0n) is 21.1. The number of benzene rings is 1. The van der Waals surface area contributed by atoms with E-state index < -0.39 is 0 Å². The predicted molar refractivity (Wildman–Crippen MR) is 140 cm³/mol. The minimum Gasteiger partial charge on any atom is -0.353 e. The molecule has 6 unspecified atom stereocenters. The molecular weight excluding hydrogens is 456 g/mol. The highest BCUT2D eigenvalue weighted by atomic mass is 32.1. The molecule has 7 heteroatoms. The van der Waals surface area contributed by atoms with Gasteiger partial charge >= 0.3 is 0 Å². The smallest absolute Gasteiger partial charge is 0.233 e. The molecule has 2 saturated heterocycles. The van der Waals surface area contributed by atoms with E-state index in [4.69, 9.17) is 4.37 Å². The van der Waals surface area contributed by atoms with Crippen LogP contribution in [-0.4, -0.2) is 65.3 Å². The van der Waals surface area contributed by atoms with Gasteiger partial charge in [-0.1, -0.05) is 38.8 Å². The van der Waals surface area contributed by atoms with Crippen molar-refractivity contribution in [3.8, 4) is 0 Å². The fraction of sp³-hybridized carbons (Fsp3) is 0.679. The predicted octanol–water partition coefficient (Wildman–Crippen LogP) is 4.50. The number of likely N-dealkylation sites (tertiary alicyclic amines) is 1. The van der Waals surface area contributed by atoms with Crippen LogP contribution < -0.4 is 4.90 Å². The second kappa shape index (κ2) is 9.47. The summed E-state index contributed by atoms with van der Waals surface area (Å²) < 4.78 is 6.02. The summed E-state index contributed by atoms with van der Waals surface area (Å²) in [6, 6.07) is 8.52. The first-order valence-electron chi connectivity index (χ1n) is 13.7. The molecule has 0 N–H and O–H groups in total. The molecule has 6 atom stereocenters. The Balaban J connectivity index is 1.08. The molecule has 0 bridgehead atoms. The van der Waals surface area contributed by atoms with Gasteiger partial charge in [-0.25, -0.2) is 0 Å². The van der Waals surface area contributed by atoms with E-state index in [9.17, 15) is 9.59 Å². The molecule has 2 aliphatic carbocycles. The minimum absolute atomic E-state index is 0.0607. The van der Waals surface area contributed by atoms with Crippen LogP contribution in [0.25, 0.3) is 10.1 Å². The van der Waals surface area contributed by atoms with Gasteiger partial charge in [0.1, 0.15) is 5.82 Å². The fourth-order valence-corrected chi connectivity index (χ4v) is 8.40. The molecule has 2 aromatic rings. The molecule has 2 aliphatic heterocycles. The number of fused-ring (bicyclic) bond motifs is 2. The molecule has 4 aliphatic rings. The molecule has 2 saturated carbocycles. The molecule has 4 fully saturated rings. The van der Waals surface area contributed by atoms with Gasteiger partial charge in [-0.05, 0) is 66.6 Å². The number of carbonyl (C=O) groups is 2. The van der Waals surface area contributed by atoms with Crippen molar-refractivity contribution in [2.45, 2.75) is 46.0 Å². The zero-order chi connectivity index (χ0) is 24.1. The third kappa shape index (κ3) is 4.18. The molecule has 2 amide bonds. The molecule has 0 spiro atoms. The number of anilines is 1. The number of amides is 2. The summed E-state index contributed by atoms with van der Waals surface area (Å²) in [5.74, 6) is 2.97. The largest absolute Gasteiger partial charge is 0.353 e. The lowest BCUT2D eigenvalue weighted by Gasteiger charge is -2.40. The van der Waals surface area contributed by atoms with E-state index >= 15 is 0 Å². The van der Waals surface area contributed by atoms with Crippen molar-refractivity contribution in [1.29, 1.82) is 0 Å². The van der Waals surface area contributed by atoms with Crippen molar-refractivity contribution in [3.63, 3.8) is 0 Å². The van der Waals surface area contributed by atoms with E-state index in [1.807, 2.05) is 0 Å². The Morgan fingerprint density at radius 3 is 2.20 bits per heavy atom.